The average Bonchev–Trinajstić information content (AvgIpc) is 3.50. The van der Waals surface area contributed by atoms with E-state index >= 15 is 0 Å². The van der Waals surface area contributed by atoms with E-state index in [1.54, 1.807) is 10.8 Å². The molecular weight excluding hydrogens is 386 g/mol. The van der Waals surface area contributed by atoms with E-state index in [2.05, 4.69) is 60.1 Å². The van der Waals surface area contributed by atoms with Crippen molar-refractivity contribution in [2.24, 2.45) is 0 Å². The quantitative estimate of drug-likeness (QED) is 0.441. The Morgan fingerprint density at radius 3 is 2.77 bits per heavy atom. The van der Waals surface area contributed by atoms with Gasteiger partial charge in [-0.25, -0.2) is 14.5 Å². The minimum absolute atomic E-state index is 0.299. The lowest BCUT2D eigenvalue weighted by molar-refractivity contribution is 0.534. The maximum Gasteiger partial charge on any atom is 0.155 e. The second kappa shape index (κ2) is 7.83. The predicted octanol–water partition coefficient (Wildman–Crippen LogP) is 4.66. The number of nitrogens with one attached hydrogen (secondary N) is 1. The molecule has 31 heavy (non-hydrogen) atoms. The number of nitrogens with zero attached hydrogens (tertiary/aromatic N) is 6. The van der Waals surface area contributed by atoms with Gasteiger partial charge in [0.15, 0.2) is 5.65 Å². The van der Waals surface area contributed by atoms with Crippen LogP contribution in [0.2, 0.25) is 0 Å². The first-order valence-electron chi connectivity index (χ1n) is 10.6. The molecule has 4 heterocycles. The van der Waals surface area contributed by atoms with Crippen molar-refractivity contribution in [2.45, 2.75) is 39.7 Å². The normalized spacial score (nSPS) is 11.6. The summed E-state index contributed by atoms with van der Waals surface area (Å²) in [5.41, 5.74) is 7.07. The third-order valence-corrected chi connectivity index (χ3v) is 5.43. The Morgan fingerprint density at radius 1 is 1.06 bits per heavy atom. The molecule has 1 N–H and O–H groups in total. The highest BCUT2D eigenvalue weighted by atomic mass is 15.3. The summed E-state index contributed by atoms with van der Waals surface area (Å²) in [6, 6.07) is 15.0. The van der Waals surface area contributed by atoms with Crippen LogP contribution in [0.5, 0.6) is 0 Å². The highest BCUT2D eigenvalue weighted by Crippen LogP contribution is 2.30. The van der Waals surface area contributed by atoms with Crippen LogP contribution in [0.4, 0.5) is 0 Å². The summed E-state index contributed by atoms with van der Waals surface area (Å²) in [5.74, 6) is 0.948. The Bertz CT molecular complexity index is 1340. The van der Waals surface area contributed by atoms with Crippen molar-refractivity contribution in [1.82, 2.24) is 34.3 Å². The lowest BCUT2D eigenvalue weighted by atomic mass is 10.1. The number of imidazole rings is 1. The number of aromatic amines is 1. The van der Waals surface area contributed by atoms with Gasteiger partial charge in [0, 0.05) is 30.4 Å². The van der Waals surface area contributed by atoms with Crippen LogP contribution in [0.15, 0.2) is 61.2 Å². The summed E-state index contributed by atoms with van der Waals surface area (Å²) in [6.07, 6.45) is 7.29. The molecule has 0 atom stereocenters. The van der Waals surface area contributed by atoms with Crippen LogP contribution >= 0.6 is 0 Å². The summed E-state index contributed by atoms with van der Waals surface area (Å²) in [6.45, 7) is 6.37. The molecule has 156 valence electrons. The molecule has 0 aliphatic carbocycles. The minimum Gasteiger partial charge on any atom is -0.340 e. The highest BCUT2D eigenvalue weighted by Gasteiger charge is 2.17. The van der Waals surface area contributed by atoms with Gasteiger partial charge in [0.2, 0.25) is 0 Å². The van der Waals surface area contributed by atoms with Crippen LogP contribution < -0.4 is 0 Å². The fraction of sp³-hybridized carbons (Fsp3) is 0.250. The molecule has 4 aromatic heterocycles. The van der Waals surface area contributed by atoms with Gasteiger partial charge in [-0.1, -0.05) is 29.8 Å². The van der Waals surface area contributed by atoms with E-state index in [-0.39, 0.29) is 0 Å². The summed E-state index contributed by atoms with van der Waals surface area (Å²) in [7, 11) is 0. The number of benzene rings is 1. The van der Waals surface area contributed by atoms with E-state index in [4.69, 9.17) is 10.1 Å². The van der Waals surface area contributed by atoms with Crippen LogP contribution in [0.1, 0.15) is 36.8 Å². The molecule has 0 saturated heterocycles. The first-order valence-corrected chi connectivity index (χ1v) is 10.6. The lowest BCUT2D eigenvalue weighted by Crippen LogP contribution is -2.01. The van der Waals surface area contributed by atoms with Crippen molar-refractivity contribution in [1.29, 1.82) is 0 Å². The molecule has 0 amide bonds. The van der Waals surface area contributed by atoms with Crippen LogP contribution in [-0.2, 0) is 12.8 Å². The van der Waals surface area contributed by atoms with Gasteiger partial charge in [-0.3, -0.25) is 4.68 Å². The molecular formula is C24H25N7. The summed E-state index contributed by atoms with van der Waals surface area (Å²) < 4.78 is 3.74. The van der Waals surface area contributed by atoms with E-state index in [0.29, 0.717) is 6.04 Å². The smallest absolute Gasteiger partial charge is 0.155 e. The van der Waals surface area contributed by atoms with Crippen molar-refractivity contribution < 1.29 is 0 Å². The Hall–Kier alpha value is -3.74. The lowest BCUT2D eigenvalue weighted by Gasteiger charge is -2.04. The molecule has 0 saturated carbocycles. The molecule has 7 heteroatoms. The Balaban J connectivity index is 1.53. The zero-order valence-corrected chi connectivity index (χ0v) is 17.9. The van der Waals surface area contributed by atoms with E-state index in [0.717, 1.165) is 47.0 Å². The first kappa shape index (κ1) is 19.2. The van der Waals surface area contributed by atoms with Gasteiger partial charge in [-0.15, -0.1) is 0 Å². The van der Waals surface area contributed by atoms with Crippen LogP contribution in [0.25, 0.3) is 28.3 Å². The molecule has 0 aliphatic rings. The van der Waals surface area contributed by atoms with Gasteiger partial charge in [-0.05, 0) is 51.0 Å². The Kier molecular flexibility index (Phi) is 4.86. The zero-order chi connectivity index (χ0) is 21.4. The fourth-order valence-electron chi connectivity index (χ4n) is 3.78. The van der Waals surface area contributed by atoms with Gasteiger partial charge in [0.25, 0.3) is 0 Å². The molecule has 0 bridgehead atoms. The first-order chi connectivity index (χ1) is 15.1. The van der Waals surface area contributed by atoms with Crippen molar-refractivity contribution in [3.63, 3.8) is 0 Å². The largest absolute Gasteiger partial charge is 0.340 e. The minimum atomic E-state index is 0.299. The number of fused-ring (bicyclic) bond motifs is 1. The molecule has 5 aromatic rings. The van der Waals surface area contributed by atoms with Crippen LogP contribution in [0.3, 0.4) is 0 Å². The van der Waals surface area contributed by atoms with E-state index in [1.807, 2.05) is 35.3 Å². The number of aromatic nitrogens is 7. The monoisotopic (exact) mass is 411 g/mol. The molecule has 1 aromatic carbocycles. The Labute approximate surface area is 180 Å². The third-order valence-electron chi connectivity index (χ3n) is 5.43. The number of rotatable bonds is 6. The average molecular weight is 412 g/mol. The summed E-state index contributed by atoms with van der Waals surface area (Å²) >= 11 is 0. The second-order valence-electron chi connectivity index (χ2n) is 8.15. The van der Waals surface area contributed by atoms with Crippen molar-refractivity contribution in [3.05, 3.63) is 78.1 Å². The molecule has 0 spiro atoms. The molecule has 5 rings (SSSR count). The maximum absolute atomic E-state index is 4.97. The van der Waals surface area contributed by atoms with Gasteiger partial charge >= 0.3 is 0 Å². The number of hydrogen-bond donors (Lipinski definition) is 1. The summed E-state index contributed by atoms with van der Waals surface area (Å²) in [5, 5.41) is 9.05. The van der Waals surface area contributed by atoms with Crippen molar-refractivity contribution >= 4 is 5.65 Å². The highest BCUT2D eigenvalue weighted by molar-refractivity contribution is 5.76. The van der Waals surface area contributed by atoms with Crippen LogP contribution in [0, 0.1) is 6.92 Å². The molecule has 0 radical (unpaired) electrons. The third kappa shape index (κ3) is 3.86. The number of hydrogen-bond acceptors (Lipinski definition) is 4. The summed E-state index contributed by atoms with van der Waals surface area (Å²) in [4.78, 5) is 12.8. The van der Waals surface area contributed by atoms with Gasteiger partial charge in [-0.2, -0.15) is 10.2 Å². The standard InChI is InChI=1S/C24H25N7/c1-16(2)30-12-11-20(29-30)24-23(19-8-10-22-25-15-26-31(22)14-19)27-21(28-24)9-7-18-6-4-5-17(3)13-18/h4-6,8,10-16H,7,9H2,1-3H3,(H,27,28). The second-order valence-corrected chi connectivity index (χ2v) is 8.15. The molecule has 0 fully saturated rings. The molecule has 0 aliphatic heterocycles. The maximum atomic E-state index is 4.97. The van der Waals surface area contributed by atoms with Gasteiger partial charge in [0.05, 0.1) is 11.4 Å². The van der Waals surface area contributed by atoms with Gasteiger partial charge in [0.1, 0.15) is 17.8 Å². The van der Waals surface area contributed by atoms with E-state index in [1.165, 1.54) is 11.1 Å². The predicted molar refractivity (Wildman–Crippen MR) is 121 cm³/mol. The molecule has 0 unspecified atom stereocenters. The van der Waals surface area contributed by atoms with Gasteiger partial charge < -0.3 is 4.98 Å². The number of H-pyrrole nitrogens is 1. The Morgan fingerprint density at radius 2 is 1.97 bits per heavy atom. The SMILES string of the molecule is Cc1cccc(CCc2nc(-c3ccc4ncnn4c3)c(-c3ccn(C(C)C)n3)[nH]2)c1. The number of aryl methyl sites for hydroxylation is 3. The van der Waals surface area contributed by atoms with Crippen molar-refractivity contribution in [3.8, 4) is 22.6 Å². The van der Waals surface area contributed by atoms with E-state index in [9.17, 15) is 0 Å². The molecule has 7 nitrogen and oxygen atoms in total. The van der Waals surface area contributed by atoms with E-state index < -0.39 is 0 Å². The van der Waals surface area contributed by atoms with Crippen LogP contribution in [-0.4, -0.2) is 34.3 Å². The topological polar surface area (TPSA) is 76.7 Å². The van der Waals surface area contributed by atoms with Crippen molar-refractivity contribution in [2.75, 3.05) is 0 Å². The number of pyridine rings is 1. The zero-order valence-electron chi connectivity index (χ0n) is 17.9. The fourth-order valence-corrected chi connectivity index (χ4v) is 3.78.